The minimum Gasteiger partial charge on any atom is -0.371 e. The monoisotopic (exact) mass is 402 g/mol. The van der Waals surface area contributed by atoms with Crippen LogP contribution < -0.4 is 5.32 Å². The highest BCUT2D eigenvalue weighted by Crippen LogP contribution is 2.20. The Morgan fingerprint density at radius 1 is 1.07 bits per heavy atom. The molecule has 7 heteroatoms. The molecule has 0 radical (unpaired) electrons. The van der Waals surface area contributed by atoms with Crippen molar-refractivity contribution in [1.82, 2.24) is 9.62 Å². The lowest BCUT2D eigenvalue weighted by molar-refractivity contribution is 0.0285. The molecule has 1 heterocycles. The molecule has 150 valence electrons. The van der Waals surface area contributed by atoms with Gasteiger partial charge in [-0.1, -0.05) is 38.1 Å². The van der Waals surface area contributed by atoms with Crippen molar-refractivity contribution in [2.75, 3.05) is 19.6 Å². The van der Waals surface area contributed by atoms with E-state index in [2.05, 4.69) is 17.4 Å². The number of hydrogen-bond acceptors (Lipinski definition) is 4. The van der Waals surface area contributed by atoms with E-state index < -0.39 is 10.0 Å². The molecular weight excluding hydrogens is 376 g/mol. The molecule has 3 rings (SSSR count). The Morgan fingerprint density at radius 3 is 2.36 bits per heavy atom. The Morgan fingerprint density at radius 2 is 1.71 bits per heavy atom. The molecule has 1 amide bonds. The molecule has 2 aromatic carbocycles. The van der Waals surface area contributed by atoms with Crippen molar-refractivity contribution in [2.45, 2.75) is 37.9 Å². The molecule has 0 fully saturated rings. The summed E-state index contributed by atoms with van der Waals surface area (Å²) in [7, 11) is -3.52. The first-order valence-electron chi connectivity index (χ1n) is 9.52. The van der Waals surface area contributed by atoms with Crippen LogP contribution in [0.4, 0.5) is 0 Å². The lowest BCUT2D eigenvalue weighted by Crippen LogP contribution is -2.36. The van der Waals surface area contributed by atoms with Crippen LogP contribution in [0.15, 0.2) is 53.4 Å². The highest BCUT2D eigenvalue weighted by molar-refractivity contribution is 7.89. The first kappa shape index (κ1) is 20.5. The van der Waals surface area contributed by atoms with Crippen LogP contribution in [0.1, 0.15) is 35.3 Å². The zero-order valence-electron chi connectivity index (χ0n) is 16.2. The summed E-state index contributed by atoms with van der Waals surface area (Å²) in [5, 5.41) is 2.88. The summed E-state index contributed by atoms with van der Waals surface area (Å²) in [6.45, 7) is 5.38. The van der Waals surface area contributed by atoms with Gasteiger partial charge < -0.3 is 10.1 Å². The maximum atomic E-state index is 12.5. The Kier molecular flexibility index (Phi) is 6.49. The van der Waals surface area contributed by atoms with Crippen molar-refractivity contribution < 1.29 is 17.9 Å². The quantitative estimate of drug-likeness (QED) is 0.772. The van der Waals surface area contributed by atoms with E-state index in [1.807, 2.05) is 12.1 Å². The summed E-state index contributed by atoms with van der Waals surface area (Å²) in [5.41, 5.74) is 2.86. The third kappa shape index (κ3) is 4.43. The summed E-state index contributed by atoms with van der Waals surface area (Å²) in [4.78, 5) is 12.6. The zero-order chi connectivity index (χ0) is 20.1. The fourth-order valence-corrected chi connectivity index (χ4v) is 4.80. The van der Waals surface area contributed by atoms with Crippen molar-refractivity contribution in [1.29, 1.82) is 0 Å². The fourth-order valence-electron chi connectivity index (χ4n) is 3.34. The largest absolute Gasteiger partial charge is 0.371 e. The predicted octanol–water partition coefficient (Wildman–Crippen LogP) is 2.59. The first-order chi connectivity index (χ1) is 13.5. The number of fused-ring (bicyclic) bond motifs is 1. The average molecular weight is 403 g/mol. The van der Waals surface area contributed by atoms with Crippen molar-refractivity contribution in [3.63, 3.8) is 0 Å². The van der Waals surface area contributed by atoms with E-state index in [1.165, 1.54) is 27.6 Å². The second-order valence-electron chi connectivity index (χ2n) is 6.73. The maximum Gasteiger partial charge on any atom is 0.251 e. The van der Waals surface area contributed by atoms with E-state index in [4.69, 9.17) is 4.74 Å². The molecule has 0 aliphatic carbocycles. The van der Waals surface area contributed by atoms with E-state index in [9.17, 15) is 13.2 Å². The van der Waals surface area contributed by atoms with Gasteiger partial charge in [0, 0.05) is 31.6 Å². The minimum atomic E-state index is -3.52. The van der Waals surface area contributed by atoms with E-state index >= 15 is 0 Å². The van der Waals surface area contributed by atoms with Crippen molar-refractivity contribution in [3.8, 4) is 0 Å². The van der Waals surface area contributed by atoms with Gasteiger partial charge in [0.05, 0.1) is 17.6 Å². The van der Waals surface area contributed by atoms with E-state index in [1.54, 1.807) is 26.0 Å². The second-order valence-corrected chi connectivity index (χ2v) is 8.67. The molecule has 6 nitrogen and oxygen atoms in total. The Bertz CT molecular complexity index is 922. The van der Waals surface area contributed by atoms with Crippen molar-refractivity contribution in [2.24, 2.45) is 0 Å². The van der Waals surface area contributed by atoms with Crippen LogP contribution in [0.3, 0.4) is 0 Å². The molecule has 28 heavy (non-hydrogen) atoms. The van der Waals surface area contributed by atoms with Crippen LogP contribution in [-0.4, -0.2) is 44.4 Å². The maximum absolute atomic E-state index is 12.5. The van der Waals surface area contributed by atoms with E-state index in [0.717, 1.165) is 6.42 Å². The van der Waals surface area contributed by atoms with Gasteiger partial charge >= 0.3 is 0 Å². The number of amides is 1. The normalized spacial score (nSPS) is 16.6. The highest BCUT2D eigenvalue weighted by Gasteiger charge is 2.22. The summed E-state index contributed by atoms with van der Waals surface area (Å²) >= 11 is 0. The standard InChI is InChI=1S/C21H26N2O4S/c1-3-23(4-2)28(25,26)20-11-9-16(10-12-20)21(24)22-14-19-13-17-7-5-6-8-18(17)15-27-19/h5-12,19H,3-4,13-15H2,1-2H3,(H,22,24). The molecule has 0 saturated carbocycles. The summed E-state index contributed by atoms with van der Waals surface area (Å²) in [6, 6.07) is 14.2. The molecule has 1 aliphatic rings. The van der Waals surface area contributed by atoms with Gasteiger partial charge in [0.1, 0.15) is 0 Å². The van der Waals surface area contributed by atoms with Gasteiger partial charge in [-0.15, -0.1) is 0 Å². The number of carbonyl (C=O) groups excluding carboxylic acids is 1. The van der Waals surface area contributed by atoms with E-state index in [-0.39, 0.29) is 16.9 Å². The molecule has 2 aromatic rings. The molecule has 0 bridgehead atoms. The zero-order valence-corrected chi connectivity index (χ0v) is 17.0. The van der Waals surface area contributed by atoms with Gasteiger partial charge in [0.15, 0.2) is 0 Å². The summed E-state index contributed by atoms with van der Waals surface area (Å²) in [6.07, 6.45) is 0.693. The van der Waals surface area contributed by atoms with Crippen LogP contribution in [0, 0.1) is 0 Å². The molecule has 0 saturated heterocycles. The van der Waals surface area contributed by atoms with Crippen LogP contribution in [0.25, 0.3) is 0 Å². The topological polar surface area (TPSA) is 75.7 Å². The third-order valence-corrected chi connectivity index (χ3v) is 7.05. The SMILES string of the molecule is CCN(CC)S(=O)(=O)c1ccc(C(=O)NCC2Cc3ccccc3CO2)cc1. The van der Waals surface area contributed by atoms with E-state index in [0.29, 0.717) is 31.8 Å². The third-order valence-electron chi connectivity index (χ3n) is 4.99. The Labute approximate surface area is 166 Å². The highest BCUT2D eigenvalue weighted by atomic mass is 32.2. The van der Waals surface area contributed by atoms with Gasteiger partial charge in [-0.3, -0.25) is 4.79 Å². The molecule has 1 aliphatic heterocycles. The Balaban J connectivity index is 1.60. The summed E-state index contributed by atoms with van der Waals surface area (Å²) in [5.74, 6) is -0.241. The predicted molar refractivity (Wildman–Crippen MR) is 108 cm³/mol. The number of nitrogens with zero attached hydrogens (tertiary/aromatic N) is 1. The molecule has 1 unspecified atom stereocenters. The fraction of sp³-hybridized carbons (Fsp3) is 0.381. The van der Waals surface area contributed by atoms with Crippen molar-refractivity contribution >= 4 is 15.9 Å². The number of benzene rings is 2. The van der Waals surface area contributed by atoms with Crippen molar-refractivity contribution in [3.05, 3.63) is 65.2 Å². The number of sulfonamides is 1. The molecular formula is C21H26N2O4S. The number of hydrogen-bond donors (Lipinski definition) is 1. The minimum absolute atomic E-state index is 0.0684. The smallest absolute Gasteiger partial charge is 0.251 e. The number of ether oxygens (including phenoxy) is 1. The average Bonchev–Trinajstić information content (AvgIpc) is 2.72. The molecule has 1 N–H and O–H groups in total. The van der Waals surface area contributed by atoms with Gasteiger partial charge in [-0.2, -0.15) is 4.31 Å². The lowest BCUT2D eigenvalue weighted by atomic mass is 9.99. The number of nitrogens with one attached hydrogen (secondary N) is 1. The number of rotatable bonds is 7. The molecule has 0 spiro atoms. The lowest BCUT2D eigenvalue weighted by Gasteiger charge is -2.25. The molecule has 0 aromatic heterocycles. The van der Waals surface area contributed by atoms with Gasteiger partial charge in [-0.25, -0.2) is 8.42 Å². The first-order valence-corrected chi connectivity index (χ1v) is 11.0. The second kappa shape index (κ2) is 8.86. The van der Waals surface area contributed by atoms with Gasteiger partial charge in [0.2, 0.25) is 10.0 Å². The van der Waals surface area contributed by atoms with Gasteiger partial charge in [-0.05, 0) is 35.4 Å². The number of carbonyl (C=O) groups is 1. The van der Waals surface area contributed by atoms with Crippen LogP contribution >= 0.6 is 0 Å². The van der Waals surface area contributed by atoms with Crippen LogP contribution in [-0.2, 0) is 27.8 Å². The summed E-state index contributed by atoms with van der Waals surface area (Å²) < 4.78 is 32.2. The van der Waals surface area contributed by atoms with Crippen LogP contribution in [0.2, 0.25) is 0 Å². The van der Waals surface area contributed by atoms with Gasteiger partial charge in [0.25, 0.3) is 5.91 Å². The Hall–Kier alpha value is -2.22. The molecule has 1 atom stereocenters. The van der Waals surface area contributed by atoms with Crippen LogP contribution in [0.5, 0.6) is 0 Å².